The van der Waals surface area contributed by atoms with Gasteiger partial charge >= 0.3 is 0 Å². The maximum atomic E-state index is 11.7. The van der Waals surface area contributed by atoms with Gasteiger partial charge in [0.15, 0.2) is 0 Å². The summed E-state index contributed by atoms with van der Waals surface area (Å²) in [4.78, 5) is 22.6. The lowest BCUT2D eigenvalue weighted by molar-refractivity contribution is 0.0941. The van der Waals surface area contributed by atoms with Crippen molar-refractivity contribution in [1.82, 2.24) is 5.32 Å². The van der Waals surface area contributed by atoms with E-state index in [1.807, 2.05) is 6.92 Å². The van der Waals surface area contributed by atoms with Crippen LogP contribution in [0.4, 0.5) is 0 Å². The highest BCUT2D eigenvalue weighted by molar-refractivity contribution is 5.97. The Kier molecular flexibility index (Phi) is 5.87. The molecule has 18 heavy (non-hydrogen) atoms. The van der Waals surface area contributed by atoms with E-state index >= 15 is 0 Å². The van der Waals surface area contributed by atoms with Crippen molar-refractivity contribution in [1.29, 1.82) is 0 Å². The van der Waals surface area contributed by atoms with Crippen molar-refractivity contribution in [3.05, 3.63) is 35.4 Å². The van der Waals surface area contributed by atoms with Gasteiger partial charge in [-0.3, -0.25) is 9.59 Å². The lowest BCUT2D eigenvalue weighted by Crippen LogP contribution is -2.25. The minimum absolute atomic E-state index is 0.164. The summed E-state index contributed by atoms with van der Waals surface area (Å²) in [6.45, 7) is 3.81. The van der Waals surface area contributed by atoms with Crippen LogP contribution in [0.25, 0.3) is 0 Å². The standard InChI is InChI=1S/C13H18N2O3/c1-2-18-9-3-8-15-13(17)11-6-4-10(5-7-11)12(14)16/h4-7H,2-3,8-9H2,1H3,(H2,14,16)(H,15,17). The molecule has 0 spiro atoms. The molecule has 0 fully saturated rings. The van der Waals surface area contributed by atoms with Gasteiger partial charge in [0.2, 0.25) is 5.91 Å². The van der Waals surface area contributed by atoms with E-state index < -0.39 is 5.91 Å². The van der Waals surface area contributed by atoms with Crippen LogP contribution in [0.2, 0.25) is 0 Å². The monoisotopic (exact) mass is 250 g/mol. The molecule has 3 N–H and O–H groups in total. The average Bonchev–Trinajstić information content (AvgIpc) is 2.38. The molecule has 0 bridgehead atoms. The van der Waals surface area contributed by atoms with E-state index in [0.29, 0.717) is 30.9 Å². The van der Waals surface area contributed by atoms with Crippen LogP contribution < -0.4 is 11.1 Å². The molecule has 98 valence electrons. The molecule has 0 atom stereocenters. The first-order chi connectivity index (χ1) is 8.65. The largest absolute Gasteiger partial charge is 0.382 e. The fraction of sp³-hybridized carbons (Fsp3) is 0.385. The highest BCUT2D eigenvalue weighted by Crippen LogP contribution is 2.03. The molecule has 5 heteroatoms. The molecule has 1 aromatic rings. The second kappa shape index (κ2) is 7.45. The third-order valence-electron chi connectivity index (χ3n) is 2.39. The highest BCUT2D eigenvalue weighted by Gasteiger charge is 2.06. The predicted molar refractivity (Wildman–Crippen MR) is 68.4 cm³/mol. The van der Waals surface area contributed by atoms with Crippen LogP contribution in [-0.4, -0.2) is 31.6 Å². The highest BCUT2D eigenvalue weighted by atomic mass is 16.5. The molecule has 5 nitrogen and oxygen atoms in total. The number of benzene rings is 1. The second-order valence-electron chi connectivity index (χ2n) is 3.75. The SMILES string of the molecule is CCOCCCNC(=O)c1ccc(C(N)=O)cc1. The molecule has 0 heterocycles. The summed E-state index contributed by atoms with van der Waals surface area (Å²) in [6.07, 6.45) is 0.777. The number of primary amides is 1. The normalized spacial score (nSPS) is 10.1. The Hall–Kier alpha value is -1.88. The number of hydrogen-bond donors (Lipinski definition) is 2. The molecule has 0 aliphatic rings. The Bertz CT molecular complexity index is 401. The van der Waals surface area contributed by atoms with Crippen LogP contribution in [0.3, 0.4) is 0 Å². The van der Waals surface area contributed by atoms with Gasteiger partial charge in [-0.05, 0) is 37.6 Å². The number of carbonyl (C=O) groups excluding carboxylic acids is 2. The smallest absolute Gasteiger partial charge is 0.251 e. The predicted octanol–water partition coefficient (Wildman–Crippen LogP) is 0.942. The summed E-state index contributed by atoms with van der Waals surface area (Å²) in [7, 11) is 0. The summed E-state index contributed by atoms with van der Waals surface area (Å²) in [6, 6.07) is 6.24. The molecular formula is C13H18N2O3. The summed E-state index contributed by atoms with van der Waals surface area (Å²) >= 11 is 0. The Morgan fingerprint density at radius 3 is 2.39 bits per heavy atom. The molecule has 1 rings (SSSR count). The van der Waals surface area contributed by atoms with E-state index in [1.165, 1.54) is 12.1 Å². The topological polar surface area (TPSA) is 81.4 Å². The first-order valence-corrected chi connectivity index (χ1v) is 5.91. The summed E-state index contributed by atoms with van der Waals surface area (Å²) in [5, 5.41) is 2.77. The molecule has 0 aromatic heterocycles. The van der Waals surface area contributed by atoms with Gasteiger partial charge in [-0.15, -0.1) is 0 Å². The van der Waals surface area contributed by atoms with Gasteiger partial charge in [0.05, 0.1) is 0 Å². The van der Waals surface area contributed by atoms with Gasteiger partial charge < -0.3 is 15.8 Å². The fourth-order valence-electron chi connectivity index (χ4n) is 1.41. The number of nitrogens with two attached hydrogens (primary N) is 1. The number of hydrogen-bond acceptors (Lipinski definition) is 3. The van der Waals surface area contributed by atoms with Crippen molar-refractivity contribution in [2.75, 3.05) is 19.8 Å². The third-order valence-corrected chi connectivity index (χ3v) is 2.39. The van der Waals surface area contributed by atoms with Crippen molar-refractivity contribution in [3.8, 4) is 0 Å². The summed E-state index contributed by atoms with van der Waals surface area (Å²) in [5.74, 6) is -0.666. The van der Waals surface area contributed by atoms with Gasteiger partial charge in [-0.1, -0.05) is 0 Å². The number of amides is 2. The molecule has 0 aliphatic heterocycles. The second-order valence-corrected chi connectivity index (χ2v) is 3.75. The Morgan fingerprint density at radius 1 is 1.22 bits per heavy atom. The molecule has 0 saturated carbocycles. The maximum Gasteiger partial charge on any atom is 0.251 e. The third kappa shape index (κ3) is 4.55. The van der Waals surface area contributed by atoms with Gasteiger partial charge in [0, 0.05) is 30.9 Å². The van der Waals surface area contributed by atoms with Crippen molar-refractivity contribution in [3.63, 3.8) is 0 Å². The molecular weight excluding hydrogens is 232 g/mol. The van der Waals surface area contributed by atoms with Crippen molar-refractivity contribution < 1.29 is 14.3 Å². The van der Waals surface area contributed by atoms with E-state index in [1.54, 1.807) is 12.1 Å². The lowest BCUT2D eigenvalue weighted by Gasteiger charge is -2.05. The zero-order chi connectivity index (χ0) is 13.4. The van der Waals surface area contributed by atoms with Crippen LogP contribution >= 0.6 is 0 Å². The number of carbonyl (C=O) groups is 2. The average molecular weight is 250 g/mol. The Labute approximate surface area is 106 Å². The van der Waals surface area contributed by atoms with E-state index in [-0.39, 0.29) is 5.91 Å². The molecule has 0 unspecified atom stereocenters. The number of nitrogens with one attached hydrogen (secondary N) is 1. The Morgan fingerprint density at radius 2 is 1.83 bits per heavy atom. The quantitative estimate of drug-likeness (QED) is 0.707. The van der Waals surface area contributed by atoms with Crippen LogP contribution in [0.1, 0.15) is 34.1 Å². The Balaban J connectivity index is 2.39. The van der Waals surface area contributed by atoms with Crippen LogP contribution in [-0.2, 0) is 4.74 Å². The zero-order valence-electron chi connectivity index (χ0n) is 10.4. The summed E-state index contributed by atoms with van der Waals surface area (Å²) in [5.41, 5.74) is 6.02. The molecule has 0 radical (unpaired) electrons. The fourth-order valence-corrected chi connectivity index (χ4v) is 1.41. The van der Waals surface area contributed by atoms with E-state index in [9.17, 15) is 9.59 Å². The molecule has 2 amide bonds. The van der Waals surface area contributed by atoms with E-state index in [0.717, 1.165) is 6.42 Å². The van der Waals surface area contributed by atoms with E-state index in [2.05, 4.69) is 5.32 Å². The van der Waals surface area contributed by atoms with Crippen LogP contribution in [0.15, 0.2) is 24.3 Å². The van der Waals surface area contributed by atoms with Crippen molar-refractivity contribution in [2.45, 2.75) is 13.3 Å². The minimum atomic E-state index is -0.501. The summed E-state index contributed by atoms with van der Waals surface area (Å²) < 4.78 is 5.16. The van der Waals surface area contributed by atoms with Gasteiger partial charge in [0.25, 0.3) is 5.91 Å². The van der Waals surface area contributed by atoms with Crippen LogP contribution in [0, 0.1) is 0 Å². The van der Waals surface area contributed by atoms with Crippen LogP contribution in [0.5, 0.6) is 0 Å². The zero-order valence-corrected chi connectivity index (χ0v) is 10.4. The molecule has 1 aromatic carbocycles. The maximum absolute atomic E-state index is 11.7. The number of ether oxygens (including phenoxy) is 1. The van der Waals surface area contributed by atoms with Crippen molar-refractivity contribution in [2.24, 2.45) is 5.73 Å². The van der Waals surface area contributed by atoms with E-state index in [4.69, 9.17) is 10.5 Å². The first kappa shape index (κ1) is 14.2. The molecule has 0 saturated heterocycles. The number of rotatable bonds is 7. The van der Waals surface area contributed by atoms with Gasteiger partial charge in [0.1, 0.15) is 0 Å². The van der Waals surface area contributed by atoms with Gasteiger partial charge in [-0.2, -0.15) is 0 Å². The minimum Gasteiger partial charge on any atom is -0.382 e. The lowest BCUT2D eigenvalue weighted by atomic mass is 10.1. The molecule has 0 aliphatic carbocycles. The van der Waals surface area contributed by atoms with Crippen molar-refractivity contribution >= 4 is 11.8 Å². The van der Waals surface area contributed by atoms with Gasteiger partial charge in [-0.25, -0.2) is 0 Å². The first-order valence-electron chi connectivity index (χ1n) is 5.91.